The highest BCUT2D eigenvalue weighted by Gasteiger charge is 2.35. The molecule has 5 rings (SSSR count). The summed E-state index contributed by atoms with van der Waals surface area (Å²) in [4.78, 5) is 6.53. The van der Waals surface area contributed by atoms with Crippen LogP contribution < -0.4 is 10.2 Å². The Bertz CT molecular complexity index is 962. The lowest BCUT2D eigenvalue weighted by Gasteiger charge is -2.36. The number of pyridine rings is 1. The van der Waals surface area contributed by atoms with Gasteiger partial charge in [0.2, 0.25) is 0 Å². The number of aromatic hydroxyl groups is 1. The standard InChI is InChI=1S/C21H23N5O/c1-26(16-10-14-4-5-15(11-16)23-14)21-7-6-18(24-25-21)17-9-13-3-2-8-22-19(13)12-20(17)27/h2-3,6-9,12,14-16,23,27H,4-5,10-11H2,1H3/t14-,15?,16?/m1/s1. The van der Waals surface area contributed by atoms with E-state index >= 15 is 0 Å². The second-order valence-corrected chi connectivity index (χ2v) is 7.72. The Morgan fingerprint density at radius 3 is 2.63 bits per heavy atom. The van der Waals surface area contributed by atoms with E-state index in [-0.39, 0.29) is 5.75 Å². The van der Waals surface area contributed by atoms with Crippen LogP contribution in [0.25, 0.3) is 22.2 Å². The molecular weight excluding hydrogens is 338 g/mol. The summed E-state index contributed by atoms with van der Waals surface area (Å²) >= 11 is 0. The van der Waals surface area contributed by atoms with Crippen molar-refractivity contribution in [3.8, 4) is 17.0 Å². The number of hydrogen-bond donors (Lipinski definition) is 2. The van der Waals surface area contributed by atoms with E-state index in [1.807, 2.05) is 30.3 Å². The fourth-order valence-corrected chi connectivity index (χ4v) is 4.50. The number of fused-ring (bicyclic) bond motifs is 3. The third kappa shape index (κ3) is 3.00. The molecule has 3 atom stereocenters. The molecule has 0 aliphatic carbocycles. The number of phenols is 1. The quantitative estimate of drug-likeness (QED) is 0.747. The molecule has 2 aliphatic rings. The number of benzene rings is 1. The molecule has 0 amide bonds. The Morgan fingerprint density at radius 2 is 1.89 bits per heavy atom. The first-order valence-corrected chi connectivity index (χ1v) is 9.58. The highest BCUT2D eigenvalue weighted by atomic mass is 16.3. The van der Waals surface area contributed by atoms with Crippen LogP contribution in [0.5, 0.6) is 5.75 Å². The summed E-state index contributed by atoms with van der Waals surface area (Å²) in [5, 5.41) is 23.9. The number of phenolic OH excluding ortho intramolecular Hbond substituents is 1. The zero-order valence-corrected chi connectivity index (χ0v) is 15.3. The van der Waals surface area contributed by atoms with Gasteiger partial charge in [-0.3, -0.25) is 4.98 Å². The van der Waals surface area contributed by atoms with Crippen molar-refractivity contribution in [2.75, 3.05) is 11.9 Å². The van der Waals surface area contributed by atoms with Crippen molar-refractivity contribution in [1.29, 1.82) is 0 Å². The Balaban J connectivity index is 1.41. The van der Waals surface area contributed by atoms with Gasteiger partial charge in [-0.25, -0.2) is 0 Å². The first kappa shape index (κ1) is 16.4. The monoisotopic (exact) mass is 361 g/mol. The van der Waals surface area contributed by atoms with E-state index in [1.54, 1.807) is 12.3 Å². The van der Waals surface area contributed by atoms with Crippen molar-refractivity contribution in [3.63, 3.8) is 0 Å². The van der Waals surface area contributed by atoms with Crippen molar-refractivity contribution < 1.29 is 5.11 Å². The Hall–Kier alpha value is -2.73. The normalized spacial score (nSPS) is 24.3. The summed E-state index contributed by atoms with van der Waals surface area (Å²) in [5.41, 5.74) is 2.11. The minimum atomic E-state index is 0.173. The Labute approximate surface area is 158 Å². The van der Waals surface area contributed by atoms with Gasteiger partial charge in [0.25, 0.3) is 0 Å². The van der Waals surface area contributed by atoms with Crippen LogP contribution in [0.1, 0.15) is 25.7 Å². The number of piperidine rings is 1. The fraction of sp³-hybridized carbons (Fsp3) is 0.381. The molecule has 2 aliphatic heterocycles. The van der Waals surface area contributed by atoms with E-state index in [4.69, 9.17) is 0 Å². The summed E-state index contributed by atoms with van der Waals surface area (Å²) < 4.78 is 0. The molecule has 0 radical (unpaired) electrons. The van der Waals surface area contributed by atoms with Gasteiger partial charge in [0.05, 0.1) is 11.2 Å². The topological polar surface area (TPSA) is 74.2 Å². The van der Waals surface area contributed by atoms with Crippen LogP contribution in [0.2, 0.25) is 0 Å². The minimum Gasteiger partial charge on any atom is -0.507 e. The molecule has 1 aromatic carbocycles. The maximum atomic E-state index is 10.4. The third-order valence-electron chi connectivity index (χ3n) is 6.00. The van der Waals surface area contributed by atoms with Gasteiger partial charge in [0, 0.05) is 48.4 Å². The number of anilines is 1. The Kier molecular flexibility index (Phi) is 3.93. The van der Waals surface area contributed by atoms with E-state index in [9.17, 15) is 5.11 Å². The lowest BCUT2D eigenvalue weighted by molar-refractivity contribution is 0.353. The van der Waals surface area contributed by atoms with Crippen LogP contribution >= 0.6 is 0 Å². The zero-order valence-electron chi connectivity index (χ0n) is 15.3. The fourth-order valence-electron chi connectivity index (χ4n) is 4.50. The van der Waals surface area contributed by atoms with E-state index in [0.717, 1.165) is 29.6 Å². The molecule has 0 saturated carbocycles. The number of rotatable bonds is 3. The van der Waals surface area contributed by atoms with Gasteiger partial charge in [-0.2, -0.15) is 0 Å². The largest absolute Gasteiger partial charge is 0.507 e. The third-order valence-corrected chi connectivity index (χ3v) is 6.00. The Morgan fingerprint density at radius 1 is 1.07 bits per heavy atom. The summed E-state index contributed by atoms with van der Waals surface area (Å²) in [5.74, 6) is 1.05. The highest BCUT2D eigenvalue weighted by molar-refractivity contribution is 5.87. The zero-order chi connectivity index (χ0) is 18.4. The van der Waals surface area contributed by atoms with Gasteiger partial charge in [-0.1, -0.05) is 6.07 Å². The van der Waals surface area contributed by atoms with Gasteiger partial charge in [0.1, 0.15) is 5.75 Å². The van der Waals surface area contributed by atoms with Crippen molar-refractivity contribution in [2.24, 2.45) is 0 Å². The van der Waals surface area contributed by atoms with E-state index < -0.39 is 0 Å². The number of nitrogens with one attached hydrogen (secondary N) is 1. The average Bonchev–Trinajstić information content (AvgIpc) is 3.04. The second-order valence-electron chi connectivity index (χ2n) is 7.72. The predicted octanol–water partition coefficient (Wildman–Crippen LogP) is 3.12. The van der Waals surface area contributed by atoms with Crippen molar-refractivity contribution in [3.05, 3.63) is 42.6 Å². The van der Waals surface area contributed by atoms with Crippen LogP contribution in [-0.4, -0.2) is 45.5 Å². The summed E-state index contributed by atoms with van der Waals surface area (Å²) in [6.45, 7) is 0. The molecule has 138 valence electrons. The predicted molar refractivity (Wildman–Crippen MR) is 106 cm³/mol. The van der Waals surface area contributed by atoms with E-state index in [0.29, 0.717) is 29.4 Å². The van der Waals surface area contributed by atoms with Gasteiger partial charge < -0.3 is 15.3 Å². The van der Waals surface area contributed by atoms with Gasteiger partial charge in [-0.15, -0.1) is 10.2 Å². The molecule has 4 heterocycles. The van der Waals surface area contributed by atoms with Crippen LogP contribution in [0, 0.1) is 0 Å². The molecule has 27 heavy (non-hydrogen) atoms. The SMILES string of the molecule is CN(c1ccc(-c2cc3cccnc3cc2O)nn1)C1CC2CC[C@H](C1)N2. The second kappa shape index (κ2) is 6.46. The summed E-state index contributed by atoms with van der Waals surface area (Å²) in [7, 11) is 2.11. The maximum Gasteiger partial charge on any atom is 0.151 e. The smallest absolute Gasteiger partial charge is 0.151 e. The van der Waals surface area contributed by atoms with Crippen LogP contribution in [0.15, 0.2) is 42.6 Å². The van der Waals surface area contributed by atoms with Crippen LogP contribution in [0.4, 0.5) is 5.82 Å². The molecule has 2 bridgehead atoms. The molecule has 2 fully saturated rings. The summed E-state index contributed by atoms with van der Waals surface area (Å²) in [6.07, 6.45) is 6.62. The van der Waals surface area contributed by atoms with E-state index in [1.165, 1.54) is 12.8 Å². The number of nitrogens with zero attached hydrogens (tertiary/aromatic N) is 4. The molecule has 2 N–H and O–H groups in total. The van der Waals surface area contributed by atoms with Gasteiger partial charge >= 0.3 is 0 Å². The molecule has 2 saturated heterocycles. The average molecular weight is 361 g/mol. The summed E-state index contributed by atoms with van der Waals surface area (Å²) in [6, 6.07) is 13.2. The van der Waals surface area contributed by atoms with Crippen molar-refractivity contribution in [2.45, 2.75) is 43.8 Å². The van der Waals surface area contributed by atoms with Crippen molar-refractivity contribution >= 4 is 16.7 Å². The molecule has 6 nitrogen and oxygen atoms in total. The maximum absolute atomic E-state index is 10.4. The highest BCUT2D eigenvalue weighted by Crippen LogP contribution is 2.33. The van der Waals surface area contributed by atoms with Gasteiger partial charge in [-0.05, 0) is 49.9 Å². The molecule has 2 unspecified atom stereocenters. The first-order chi connectivity index (χ1) is 13.2. The van der Waals surface area contributed by atoms with E-state index in [2.05, 4.69) is 32.4 Å². The van der Waals surface area contributed by atoms with Crippen LogP contribution in [-0.2, 0) is 0 Å². The van der Waals surface area contributed by atoms with Crippen LogP contribution in [0.3, 0.4) is 0 Å². The minimum absolute atomic E-state index is 0.173. The lowest BCUT2D eigenvalue weighted by atomic mass is 9.98. The molecule has 6 heteroatoms. The van der Waals surface area contributed by atoms with Gasteiger partial charge in [0.15, 0.2) is 5.82 Å². The molecular formula is C21H23N5O. The first-order valence-electron chi connectivity index (χ1n) is 9.58. The van der Waals surface area contributed by atoms with Crippen molar-refractivity contribution in [1.82, 2.24) is 20.5 Å². The lowest BCUT2D eigenvalue weighted by Crippen LogP contribution is -2.47. The molecule has 3 aromatic rings. The molecule has 2 aromatic heterocycles. The number of hydrogen-bond acceptors (Lipinski definition) is 6. The number of aromatic nitrogens is 3. The molecule has 0 spiro atoms.